The summed E-state index contributed by atoms with van der Waals surface area (Å²) in [6, 6.07) is 17.1. The van der Waals surface area contributed by atoms with Gasteiger partial charge in [0.1, 0.15) is 0 Å². The van der Waals surface area contributed by atoms with Crippen LogP contribution in [0.15, 0.2) is 65.5 Å². The Morgan fingerprint density at radius 2 is 1.87 bits per heavy atom. The van der Waals surface area contributed by atoms with Crippen LogP contribution >= 0.6 is 15.9 Å². The lowest BCUT2D eigenvalue weighted by Gasteiger charge is -2.32. The third-order valence-corrected chi connectivity index (χ3v) is 6.81. The number of hydrogen-bond acceptors (Lipinski definition) is 4. The molecule has 1 unspecified atom stereocenters. The Bertz CT molecular complexity index is 1060. The summed E-state index contributed by atoms with van der Waals surface area (Å²) in [4.78, 5) is 19.0. The first-order valence-corrected chi connectivity index (χ1v) is 11.6. The van der Waals surface area contributed by atoms with E-state index in [1.54, 1.807) is 0 Å². The number of hydrogen-bond donors (Lipinski definition) is 2. The predicted molar refractivity (Wildman–Crippen MR) is 126 cm³/mol. The average Bonchev–Trinajstić information content (AvgIpc) is 3.36. The van der Waals surface area contributed by atoms with Gasteiger partial charge in [0, 0.05) is 41.4 Å². The molecule has 1 fully saturated rings. The molecular weight excluding hydrogens is 454 g/mol. The molecule has 0 bridgehead atoms. The van der Waals surface area contributed by atoms with Gasteiger partial charge in [0.15, 0.2) is 0 Å². The molecule has 3 aromatic rings. The summed E-state index contributed by atoms with van der Waals surface area (Å²) in [5, 5.41) is 6.75. The molecule has 1 aromatic heterocycles. The van der Waals surface area contributed by atoms with E-state index in [-0.39, 0.29) is 5.91 Å². The van der Waals surface area contributed by atoms with Crippen molar-refractivity contribution in [3.8, 4) is 11.3 Å². The number of aromatic nitrogens is 2. The van der Waals surface area contributed by atoms with Gasteiger partial charge in [0.25, 0.3) is 0 Å². The Kier molecular flexibility index (Phi) is 5.89. The number of imidazole rings is 1. The van der Waals surface area contributed by atoms with Crippen LogP contribution < -0.4 is 10.6 Å². The fourth-order valence-corrected chi connectivity index (χ4v) is 4.92. The summed E-state index contributed by atoms with van der Waals surface area (Å²) in [5.41, 5.74) is 4.70. The lowest BCUT2D eigenvalue weighted by molar-refractivity contribution is -0.117. The summed E-state index contributed by atoms with van der Waals surface area (Å²) >= 11 is 3.41. The zero-order valence-electron chi connectivity index (χ0n) is 17.3. The minimum atomic E-state index is 0.0453. The normalized spacial score (nSPS) is 18.5. The van der Waals surface area contributed by atoms with Gasteiger partial charge in [0.05, 0.1) is 30.8 Å². The van der Waals surface area contributed by atoms with E-state index in [9.17, 15) is 4.79 Å². The monoisotopic (exact) mass is 479 g/mol. The minimum absolute atomic E-state index is 0.0453. The molecule has 1 atom stereocenters. The number of likely N-dealkylation sites (tertiary alicyclic amines) is 1. The molecule has 0 spiro atoms. The summed E-state index contributed by atoms with van der Waals surface area (Å²) < 4.78 is 3.28. The van der Waals surface area contributed by atoms with E-state index in [0.29, 0.717) is 18.6 Å². The number of nitrogens with one attached hydrogen (secondary N) is 2. The summed E-state index contributed by atoms with van der Waals surface area (Å²) in [6.45, 7) is 3.21. The number of piperidine rings is 1. The molecule has 2 N–H and O–H groups in total. The van der Waals surface area contributed by atoms with Crippen molar-refractivity contribution < 1.29 is 4.79 Å². The lowest BCUT2D eigenvalue weighted by Crippen LogP contribution is -2.46. The Hall–Kier alpha value is -2.48. The first kappa shape index (κ1) is 20.4. The summed E-state index contributed by atoms with van der Waals surface area (Å²) in [7, 11) is 0. The van der Waals surface area contributed by atoms with Crippen LogP contribution in [0.3, 0.4) is 0 Å². The van der Waals surface area contributed by atoms with Gasteiger partial charge in [-0.3, -0.25) is 9.69 Å². The van der Waals surface area contributed by atoms with Crippen LogP contribution in [-0.4, -0.2) is 52.6 Å². The first-order valence-electron chi connectivity index (χ1n) is 10.8. The molecule has 1 amide bonds. The molecule has 0 aliphatic carbocycles. The van der Waals surface area contributed by atoms with Gasteiger partial charge in [-0.1, -0.05) is 40.2 Å². The van der Waals surface area contributed by atoms with Crippen LogP contribution in [0.25, 0.3) is 11.3 Å². The van der Waals surface area contributed by atoms with Crippen molar-refractivity contribution in [3.05, 3.63) is 71.1 Å². The zero-order valence-corrected chi connectivity index (χ0v) is 18.9. The van der Waals surface area contributed by atoms with Gasteiger partial charge in [-0.15, -0.1) is 0 Å². The van der Waals surface area contributed by atoms with Crippen LogP contribution in [0, 0.1) is 0 Å². The van der Waals surface area contributed by atoms with Crippen molar-refractivity contribution in [3.63, 3.8) is 0 Å². The highest BCUT2D eigenvalue weighted by atomic mass is 79.9. The van der Waals surface area contributed by atoms with E-state index in [1.807, 2.05) is 36.8 Å². The van der Waals surface area contributed by atoms with Crippen molar-refractivity contribution in [2.24, 2.45) is 0 Å². The fourth-order valence-electron chi connectivity index (χ4n) is 4.65. The number of rotatable bonds is 6. The molecule has 160 valence electrons. The quantitative estimate of drug-likeness (QED) is 0.562. The average molecular weight is 480 g/mol. The second-order valence-corrected chi connectivity index (χ2v) is 9.22. The number of benzene rings is 2. The van der Waals surface area contributed by atoms with Crippen molar-refractivity contribution >= 4 is 27.5 Å². The smallest absolute Gasteiger partial charge is 0.238 e. The van der Waals surface area contributed by atoms with Gasteiger partial charge in [0.2, 0.25) is 5.91 Å². The van der Waals surface area contributed by atoms with Gasteiger partial charge in [-0.2, -0.15) is 0 Å². The maximum atomic E-state index is 12.4. The maximum Gasteiger partial charge on any atom is 0.238 e. The van der Waals surface area contributed by atoms with Gasteiger partial charge in [-0.05, 0) is 42.7 Å². The third kappa shape index (κ3) is 4.44. The van der Waals surface area contributed by atoms with E-state index < -0.39 is 0 Å². The zero-order chi connectivity index (χ0) is 21.2. The lowest BCUT2D eigenvalue weighted by atomic mass is 10.0. The molecule has 0 saturated carbocycles. The topological polar surface area (TPSA) is 62.2 Å². The van der Waals surface area contributed by atoms with Crippen molar-refractivity contribution in [1.82, 2.24) is 19.8 Å². The van der Waals surface area contributed by atoms with Crippen molar-refractivity contribution in [2.75, 3.05) is 31.5 Å². The molecule has 1 saturated heterocycles. The highest BCUT2D eigenvalue weighted by molar-refractivity contribution is 9.10. The standard InChI is InChI=1S/C24H26BrN5O/c25-17-5-7-19(8-6-17)28-24(31)15-29-11-9-18(10-12-29)27-14-23-21-4-2-1-3-20(21)22-13-26-16-30(22)23/h1-8,13,16,18,23,27H,9-12,14-15H2,(H,28,31). The van der Waals surface area contributed by atoms with Gasteiger partial charge < -0.3 is 15.2 Å². The van der Waals surface area contributed by atoms with E-state index >= 15 is 0 Å². The predicted octanol–water partition coefficient (Wildman–Crippen LogP) is 3.91. The van der Waals surface area contributed by atoms with Crippen molar-refractivity contribution in [2.45, 2.75) is 24.9 Å². The highest BCUT2D eigenvalue weighted by Crippen LogP contribution is 2.38. The Morgan fingerprint density at radius 3 is 2.68 bits per heavy atom. The number of halogens is 1. The molecule has 31 heavy (non-hydrogen) atoms. The van der Waals surface area contributed by atoms with Crippen LogP contribution in [0.1, 0.15) is 24.4 Å². The molecule has 0 radical (unpaired) electrons. The number of anilines is 1. The molecule has 2 aromatic carbocycles. The molecule has 2 aliphatic rings. The van der Waals surface area contributed by atoms with E-state index in [1.165, 1.54) is 16.8 Å². The molecule has 6 nitrogen and oxygen atoms in total. The molecule has 3 heterocycles. The fraction of sp³-hybridized carbons (Fsp3) is 0.333. The van der Waals surface area contributed by atoms with Gasteiger partial charge >= 0.3 is 0 Å². The molecule has 2 aliphatic heterocycles. The largest absolute Gasteiger partial charge is 0.325 e. The highest BCUT2D eigenvalue weighted by Gasteiger charge is 2.29. The Labute approximate surface area is 190 Å². The van der Waals surface area contributed by atoms with Crippen molar-refractivity contribution in [1.29, 1.82) is 0 Å². The second kappa shape index (κ2) is 8.94. The number of amides is 1. The molecule has 7 heteroatoms. The number of carbonyl (C=O) groups excluding carboxylic acids is 1. The van der Waals surface area contributed by atoms with Crippen LogP contribution in [0.4, 0.5) is 5.69 Å². The summed E-state index contributed by atoms with van der Waals surface area (Å²) in [6.07, 6.45) is 6.00. The Balaban J connectivity index is 1.10. The Morgan fingerprint density at radius 1 is 1.10 bits per heavy atom. The van der Waals surface area contributed by atoms with E-state index in [2.05, 4.69) is 65.3 Å². The number of fused-ring (bicyclic) bond motifs is 3. The number of carbonyl (C=O) groups is 1. The summed E-state index contributed by atoms with van der Waals surface area (Å²) in [5.74, 6) is 0.0453. The molecule has 5 rings (SSSR count). The maximum absolute atomic E-state index is 12.4. The van der Waals surface area contributed by atoms with E-state index in [4.69, 9.17) is 0 Å². The second-order valence-electron chi connectivity index (χ2n) is 8.30. The number of nitrogens with zero attached hydrogens (tertiary/aromatic N) is 3. The third-order valence-electron chi connectivity index (χ3n) is 6.28. The first-order chi connectivity index (χ1) is 15.2. The van der Waals surface area contributed by atoms with Gasteiger partial charge in [-0.25, -0.2) is 4.98 Å². The van der Waals surface area contributed by atoms with Crippen LogP contribution in [-0.2, 0) is 4.79 Å². The SMILES string of the molecule is O=C(CN1CCC(NCC2c3ccccc3-c3cncn32)CC1)Nc1ccc(Br)cc1. The molecular formula is C24H26BrN5O. The van der Waals surface area contributed by atoms with Crippen LogP contribution in [0.5, 0.6) is 0 Å². The minimum Gasteiger partial charge on any atom is -0.325 e. The van der Waals surface area contributed by atoms with E-state index in [0.717, 1.165) is 42.6 Å². The van der Waals surface area contributed by atoms with Crippen LogP contribution in [0.2, 0.25) is 0 Å².